The molecule has 0 saturated heterocycles. The first-order valence-electron chi connectivity index (χ1n) is 6.49. The molecule has 6 heteroatoms. The van der Waals surface area contributed by atoms with Crippen molar-refractivity contribution in [3.63, 3.8) is 0 Å². The van der Waals surface area contributed by atoms with E-state index in [0.29, 0.717) is 5.75 Å². The van der Waals surface area contributed by atoms with E-state index in [1.165, 1.54) is 28.9 Å². The summed E-state index contributed by atoms with van der Waals surface area (Å²) in [6, 6.07) is 8.11. The molecule has 0 aliphatic rings. The van der Waals surface area contributed by atoms with Gasteiger partial charge in [0.05, 0.1) is 5.75 Å². The van der Waals surface area contributed by atoms with Crippen LogP contribution in [-0.2, 0) is 4.79 Å². The highest BCUT2D eigenvalue weighted by molar-refractivity contribution is 8.01. The Labute approximate surface area is 127 Å². The Kier molecular flexibility index (Phi) is 5.55. The highest BCUT2D eigenvalue weighted by Crippen LogP contribution is 2.25. The van der Waals surface area contributed by atoms with E-state index < -0.39 is 0 Å². The minimum absolute atomic E-state index is 0.0453. The Hall–Kier alpha value is -1.40. The predicted molar refractivity (Wildman–Crippen MR) is 84.1 cm³/mol. The van der Waals surface area contributed by atoms with E-state index >= 15 is 0 Å². The van der Waals surface area contributed by atoms with Crippen molar-refractivity contribution in [3.8, 4) is 11.4 Å². The highest BCUT2D eigenvalue weighted by Gasteiger charge is 2.09. The number of hydrogen-bond donors (Lipinski definition) is 1. The number of aryl methyl sites for hydroxylation is 1. The Morgan fingerprint density at radius 3 is 2.80 bits per heavy atom. The monoisotopic (exact) mass is 307 g/mol. The van der Waals surface area contributed by atoms with Crippen molar-refractivity contribution in [1.82, 2.24) is 14.7 Å². The fourth-order valence-electron chi connectivity index (χ4n) is 1.53. The van der Waals surface area contributed by atoms with Crippen LogP contribution < -0.4 is 5.32 Å². The first kappa shape index (κ1) is 15.0. The normalized spacial score (nSPS) is 10.5. The third-order valence-corrected chi connectivity index (χ3v) is 4.45. The molecule has 0 unspecified atom stereocenters. The first-order chi connectivity index (χ1) is 9.69. The van der Waals surface area contributed by atoms with Crippen LogP contribution >= 0.6 is 23.3 Å². The van der Waals surface area contributed by atoms with Crippen LogP contribution in [0.25, 0.3) is 11.4 Å². The Morgan fingerprint density at radius 2 is 2.10 bits per heavy atom. The second-order valence-electron chi connectivity index (χ2n) is 4.39. The summed E-state index contributed by atoms with van der Waals surface area (Å²) >= 11 is 2.77. The molecule has 0 bridgehead atoms. The summed E-state index contributed by atoms with van der Waals surface area (Å²) in [7, 11) is 0. The number of carbonyl (C=O) groups excluding carboxylic acids is 1. The SMILES string of the molecule is CCCNC(=O)CSc1nc(-c2ccc(C)cc2)ns1. The molecule has 0 aliphatic heterocycles. The number of nitrogens with one attached hydrogen (secondary N) is 1. The van der Waals surface area contributed by atoms with Crippen LogP contribution in [0.1, 0.15) is 18.9 Å². The number of carbonyl (C=O) groups is 1. The maximum absolute atomic E-state index is 11.5. The van der Waals surface area contributed by atoms with Crippen molar-refractivity contribution < 1.29 is 4.79 Å². The summed E-state index contributed by atoms with van der Waals surface area (Å²) in [6.45, 7) is 4.81. The zero-order valence-corrected chi connectivity index (χ0v) is 13.2. The molecule has 0 aliphatic carbocycles. The largest absolute Gasteiger partial charge is 0.355 e. The third-order valence-electron chi connectivity index (χ3n) is 2.62. The summed E-state index contributed by atoms with van der Waals surface area (Å²) in [4.78, 5) is 16.0. The third kappa shape index (κ3) is 4.31. The summed E-state index contributed by atoms with van der Waals surface area (Å²) in [5, 5.41) is 2.84. The van der Waals surface area contributed by atoms with Crippen LogP contribution in [0.2, 0.25) is 0 Å². The summed E-state index contributed by atoms with van der Waals surface area (Å²) in [5.41, 5.74) is 2.22. The number of benzene rings is 1. The summed E-state index contributed by atoms with van der Waals surface area (Å²) in [5.74, 6) is 1.16. The number of thioether (sulfide) groups is 1. The highest BCUT2D eigenvalue weighted by atomic mass is 32.2. The molecule has 0 saturated carbocycles. The lowest BCUT2D eigenvalue weighted by Crippen LogP contribution is -2.25. The van der Waals surface area contributed by atoms with Gasteiger partial charge >= 0.3 is 0 Å². The van der Waals surface area contributed by atoms with Gasteiger partial charge in [-0.05, 0) is 24.9 Å². The van der Waals surface area contributed by atoms with Crippen molar-refractivity contribution in [2.24, 2.45) is 0 Å². The molecule has 1 aromatic carbocycles. The maximum atomic E-state index is 11.5. The Balaban J connectivity index is 1.92. The van der Waals surface area contributed by atoms with Gasteiger partial charge in [0, 0.05) is 12.1 Å². The van der Waals surface area contributed by atoms with Crippen LogP contribution in [-0.4, -0.2) is 27.6 Å². The lowest BCUT2D eigenvalue weighted by molar-refractivity contribution is -0.118. The molecule has 4 nitrogen and oxygen atoms in total. The minimum atomic E-state index is 0.0453. The number of aromatic nitrogens is 2. The number of hydrogen-bond acceptors (Lipinski definition) is 5. The van der Waals surface area contributed by atoms with Gasteiger partial charge in [-0.1, -0.05) is 48.5 Å². The van der Waals surface area contributed by atoms with Crippen molar-refractivity contribution in [2.45, 2.75) is 24.6 Å². The number of amides is 1. The van der Waals surface area contributed by atoms with E-state index in [-0.39, 0.29) is 5.91 Å². The summed E-state index contributed by atoms with van der Waals surface area (Å²) < 4.78 is 5.16. The van der Waals surface area contributed by atoms with Gasteiger partial charge in [0.2, 0.25) is 5.91 Å². The topological polar surface area (TPSA) is 54.9 Å². The summed E-state index contributed by atoms with van der Waals surface area (Å²) in [6.07, 6.45) is 0.951. The van der Waals surface area contributed by atoms with Crippen LogP contribution in [0.5, 0.6) is 0 Å². The van der Waals surface area contributed by atoms with Crippen LogP contribution in [0.15, 0.2) is 28.6 Å². The fourth-order valence-corrected chi connectivity index (χ4v) is 2.98. The quantitative estimate of drug-likeness (QED) is 0.833. The predicted octanol–water partition coefficient (Wildman–Crippen LogP) is 3.13. The smallest absolute Gasteiger partial charge is 0.230 e. The molecule has 0 fully saturated rings. The van der Waals surface area contributed by atoms with E-state index in [1.807, 2.05) is 31.2 Å². The van der Waals surface area contributed by atoms with Gasteiger partial charge < -0.3 is 5.32 Å². The van der Waals surface area contributed by atoms with Gasteiger partial charge in [-0.3, -0.25) is 4.79 Å². The van der Waals surface area contributed by atoms with Crippen molar-refractivity contribution in [3.05, 3.63) is 29.8 Å². The maximum Gasteiger partial charge on any atom is 0.230 e. The van der Waals surface area contributed by atoms with Crippen LogP contribution in [0, 0.1) is 6.92 Å². The van der Waals surface area contributed by atoms with E-state index in [0.717, 1.165) is 28.7 Å². The molecule has 0 radical (unpaired) electrons. The second-order valence-corrected chi connectivity index (χ2v) is 6.36. The zero-order chi connectivity index (χ0) is 14.4. The molecule has 2 aromatic rings. The van der Waals surface area contributed by atoms with Gasteiger partial charge in [-0.2, -0.15) is 4.37 Å². The van der Waals surface area contributed by atoms with Gasteiger partial charge in [-0.15, -0.1) is 0 Å². The first-order valence-corrected chi connectivity index (χ1v) is 8.25. The average Bonchev–Trinajstić information content (AvgIpc) is 2.92. The van der Waals surface area contributed by atoms with E-state index in [9.17, 15) is 4.79 Å². The molecule has 1 heterocycles. The molecule has 1 amide bonds. The Morgan fingerprint density at radius 1 is 1.35 bits per heavy atom. The fraction of sp³-hybridized carbons (Fsp3) is 0.357. The van der Waals surface area contributed by atoms with Crippen molar-refractivity contribution >= 4 is 29.2 Å². The lowest BCUT2D eigenvalue weighted by atomic mass is 10.1. The second kappa shape index (κ2) is 7.40. The van der Waals surface area contributed by atoms with Crippen LogP contribution in [0.4, 0.5) is 0 Å². The zero-order valence-electron chi connectivity index (χ0n) is 11.5. The van der Waals surface area contributed by atoms with Gasteiger partial charge in [-0.25, -0.2) is 4.98 Å². The molecule has 1 aromatic heterocycles. The molecule has 20 heavy (non-hydrogen) atoms. The standard InChI is InChI=1S/C14H17N3OS2/c1-3-8-15-12(18)9-19-14-16-13(17-20-14)11-6-4-10(2)5-7-11/h4-7H,3,8-9H2,1-2H3,(H,15,18). The molecule has 2 rings (SSSR count). The molecular formula is C14H17N3OS2. The molecule has 0 spiro atoms. The van der Waals surface area contributed by atoms with E-state index in [2.05, 4.69) is 21.6 Å². The molecule has 106 valence electrons. The van der Waals surface area contributed by atoms with Crippen LogP contribution in [0.3, 0.4) is 0 Å². The van der Waals surface area contributed by atoms with E-state index in [4.69, 9.17) is 0 Å². The van der Waals surface area contributed by atoms with Gasteiger partial charge in [0.1, 0.15) is 0 Å². The Bertz CT molecular complexity index is 566. The molecule has 0 atom stereocenters. The lowest BCUT2D eigenvalue weighted by Gasteiger charge is -2.00. The van der Waals surface area contributed by atoms with Gasteiger partial charge in [0.25, 0.3) is 0 Å². The van der Waals surface area contributed by atoms with E-state index in [1.54, 1.807) is 0 Å². The number of rotatable bonds is 6. The van der Waals surface area contributed by atoms with Gasteiger partial charge in [0.15, 0.2) is 10.2 Å². The number of nitrogens with zero attached hydrogens (tertiary/aromatic N) is 2. The minimum Gasteiger partial charge on any atom is -0.355 e. The van der Waals surface area contributed by atoms with Crippen molar-refractivity contribution in [1.29, 1.82) is 0 Å². The molecule has 1 N–H and O–H groups in total. The van der Waals surface area contributed by atoms with Crippen molar-refractivity contribution in [2.75, 3.05) is 12.3 Å². The molecular weight excluding hydrogens is 290 g/mol. The average molecular weight is 307 g/mol.